The first kappa shape index (κ1) is 68.1. The molecule has 504 valence electrons. The van der Waals surface area contributed by atoms with Gasteiger partial charge in [0.2, 0.25) is 17.8 Å². The summed E-state index contributed by atoms with van der Waals surface area (Å²) in [4.78, 5) is 49.5. The number of primary amides is 1. The molecule has 0 bridgehead atoms. The number of anilines is 4. The number of carbonyl (C=O) groups excluding carboxylic acids is 2. The number of aliphatic hydroxyl groups excluding tert-OH is 3. The lowest BCUT2D eigenvalue weighted by atomic mass is 9.96. The van der Waals surface area contributed by atoms with Gasteiger partial charge >= 0.3 is 0 Å². The molecule has 8 aromatic carbocycles. The molecular formula is C74H73Cl3FN13O7. The number of nitrogens with two attached hydrogens (primary N) is 2. The van der Waals surface area contributed by atoms with E-state index in [-0.39, 0.29) is 37.7 Å². The van der Waals surface area contributed by atoms with Crippen LogP contribution < -0.4 is 32.2 Å². The molecule has 4 aromatic heterocycles. The van der Waals surface area contributed by atoms with Crippen LogP contribution in [0.25, 0.3) is 72.5 Å². The maximum absolute atomic E-state index is 14.4. The molecule has 15 rings (SSSR count). The molecule has 20 nitrogen and oxygen atoms in total. The average Bonchev–Trinajstić information content (AvgIpc) is 1.61. The number of hydrogen-bond donors (Lipinski definition) is 10. The number of para-hydroxylation sites is 4. The van der Waals surface area contributed by atoms with Crippen molar-refractivity contribution in [3.05, 3.63) is 215 Å². The minimum atomic E-state index is -1.21. The Morgan fingerprint density at radius 1 is 0.643 bits per heavy atom. The van der Waals surface area contributed by atoms with Crippen LogP contribution in [0.5, 0.6) is 5.75 Å². The number of nitrogen functional groups attached to an aromatic ring is 1. The minimum absolute atomic E-state index is 0. The number of nitrogens with zero attached hydrogens (tertiary/aromatic N) is 6. The van der Waals surface area contributed by atoms with Gasteiger partial charge in [-0.1, -0.05) is 110 Å². The molecule has 12 aromatic rings. The summed E-state index contributed by atoms with van der Waals surface area (Å²) in [6.45, 7) is -0.105. The zero-order valence-corrected chi connectivity index (χ0v) is 55.5. The van der Waals surface area contributed by atoms with Gasteiger partial charge in [-0.15, -0.1) is 12.4 Å². The number of amides is 2. The summed E-state index contributed by atoms with van der Waals surface area (Å²) < 4.78 is 29.8. The van der Waals surface area contributed by atoms with E-state index in [0.717, 1.165) is 100 Å². The summed E-state index contributed by atoms with van der Waals surface area (Å²) >= 11 is 12.4. The fourth-order valence-electron chi connectivity index (χ4n) is 12.9. The Bertz CT molecular complexity index is 4730. The first-order chi connectivity index (χ1) is 47.2. The van der Waals surface area contributed by atoms with Gasteiger partial charge in [0.05, 0.1) is 60.8 Å². The van der Waals surface area contributed by atoms with Crippen LogP contribution in [-0.4, -0.2) is 104 Å². The summed E-state index contributed by atoms with van der Waals surface area (Å²) in [6, 6.07) is 54.4. The van der Waals surface area contributed by atoms with Crippen LogP contribution in [0.4, 0.5) is 27.7 Å². The van der Waals surface area contributed by atoms with Crippen molar-refractivity contribution in [2.24, 2.45) is 5.73 Å². The van der Waals surface area contributed by atoms with Gasteiger partial charge in [0, 0.05) is 51.8 Å². The lowest BCUT2D eigenvalue weighted by Crippen LogP contribution is -2.33. The molecule has 1 saturated heterocycles. The number of aromatic amines is 2. The van der Waals surface area contributed by atoms with Crippen LogP contribution in [-0.2, 0) is 9.53 Å². The summed E-state index contributed by atoms with van der Waals surface area (Å²) in [5, 5.41) is 40.7. The normalized spacial score (nSPS) is 17.4. The molecule has 24 heteroatoms. The molecule has 12 N–H and O–H groups in total. The molecule has 3 fully saturated rings. The summed E-state index contributed by atoms with van der Waals surface area (Å²) in [5.41, 5.74) is 24.0. The van der Waals surface area contributed by atoms with Crippen molar-refractivity contribution in [3.8, 4) is 28.5 Å². The second kappa shape index (κ2) is 30.7. The fourth-order valence-corrected chi connectivity index (χ4v) is 13.2. The van der Waals surface area contributed by atoms with Gasteiger partial charge in [0.1, 0.15) is 41.5 Å². The van der Waals surface area contributed by atoms with Gasteiger partial charge in [0.25, 0.3) is 5.91 Å². The molecule has 1 aliphatic heterocycles. The highest BCUT2D eigenvalue weighted by Gasteiger charge is 2.45. The number of H-pyrrole nitrogens is 2. The van der Waals surface area contributed by atoms with Crippen molar-refractivity contribution >= 4 is 120 Å². The molecule has 4 atom stereocenters. The van der Waals surface area contributed by atoms with E-state index in [0.29, 0.717) is 72.7 Å². The number of aromatic nitrogens is 8. The van der Waals surface area contributed by atoms with Gasteiger partial charge in [-0.3, -0.25) is 14.2 Å². The second-order valence-electron chi connectivity index (χ2n) is 24.3. The maximum atomic E-state index is 14.4. The molecule has 0 radical (unpaired) electrons. The summed E-state index contributed by atoms with van der Waals surface area (Å²) in [6.07, 6.45) is 8.43. The van der Waals surface area contributed by atoms with Crippen molar-refractivity contribution in [2.45, 2.75) is 101 Å². The number of ether oxygens (including phenoxy) is 2. The molecule has 0 spiro atoms. The molecular weight excluding hydrogens is 1310 g/mol. The van der Waals surface area contributed by atoms with E-state index < -0.39 is 36.3 Å². The van der Waals surface area contributed by atoms with Gasteiger partial charge in [-0.05, 0) is 164 Å². The van der Waals surface area contributed by atoms with Crippen LogP contribution in [0.15, 0.2) is 182 Å². The quantitative estimate of drug-likeness (QED) is 0.0245. The highest BCUT2D eigenvalue weighted by Crippen LogP contribution is 2.40. The smallest absolute Gasteiger partial charge is 0.255 e. The largest absolute Gasteiger partial charge is 0.473 e. The number of hydrogen-bond acceptors (Lipinski definition) is 14. The van der Waals surface area contributed by atoms with Crippen LogP contribution >= 0.6 is 35.6 Å². The van der Waals surface area contributed by atoms with Gasteiger partial charge in [0.15, 0.2) is 13.0 Å². The first-order valence-corrected chi connectivity index (χ1v) is 33.2. The van der Waals surface area contributed by atoms with E-state index in [1.54, 1.807) is 59.2 Å². The SMILES string of the molecule is Cl.NC(=O)/C=C(/c1ccc2nc(N)n(C3CCCC3)c2c1)c1ccccc1F.O=C(Nc1ccc(-c2nc3ccccc3[nH]2)cc1)c1ccc(OCNc2ccc(-c3nc4ccccc4[nH]3)cc2)cc1.OC[C@@H]1O[C@@H](n2c(NC3CCCCCC3)nc3cc(Cl)c(Cl)cc32)[C@H](O)[C@H]1O. The van der Waals surface area contributed by atoms with E-state index in [1.165, 1.54) is 37.8 Å². The van der Waals surface area contributed by atoms with Crippen molar-refractivity contribution in [1.29, 1.82) is 0 Å². The third-order valence-corrected chi connectivity index (χ3v) is 18.6. The third kappa shape index (κ3) is 15.3. The van der Waals surface area contributed by atoms with Crippen molar-refractivity contribution < 1.29 is 38.8 Å². The molecule has 98 heavy (non-hydrogen) atoms. The van der Waals surface area contributed by atoms with E-state index in [9.17, 15) is 29.3 Å². The van der Waals surface area contributed by atoms with E-state index >= 15 is 0 Å². The van der Waals surface area contributed by atoms with Crippen LogP contribution in [0, 0.1) is 5.82 Å². The maximum Gasteiger partial charge on any atom is 0.255 e. The van der Waals surface area contributed by atoms with Crippen LogP contribution in [0.2, 0.25) is 10.0 Å². The van der Waals surface area contributed by atoms with Crippen molar-refractivity contribution in [1.82, 2.24) is 39.0 Å². The first-order valence-electron chi connectivity index (χ1n) is 32.4. The van der Waals surface area contributed by atoms with Crippen LogP contribution in [0.1, 0.15) is 98.0 Å². The standard InChI is InChI=1S/C34H26N6O2.C21H21FN4O.C19H25Cl2N3O4.ClH/c41-34(36-26-17-11-23(12-18-26)33-39-30-7-3-4-8-31(30)40-33)24-13-19-27(20-14-24)42-21-35-25-15-9-22(10-16-25)32-37-28-5-1-2-6-29(28)38-32;22-17-8-4-3-7-15(17)16(12-20(23)27)13-9-10-18-19(11-13)26(21(24)25-18)14-5-1-2-6-14;20-11-7-13-14(8-12(11)21)24(18-17(27)16(26)15(9-25)28-18)19(23-13)22-10-5-3-1-2-4-6-10;/h1-20,35H,21H2,(H,36,41)(H,37,38)(H,39,40);3-4,7-12,14H,1-2,5-6H2,(H2,23,27)(H2,24,25);7-8,10,15-18,25-27H,1-6,9H2,(H,22,23);1H/b;16-12-;;/t;;15-,16-,17+,18+;/m..0./s1. The third-order valence-electron chi connectivity index (χ3n) is 17.8. The summed E-state index contributed by atoms with van der Waals surface area (Å²) in [7, 11) is 0. The zero-order chi connectivity index (χ0) is 67.1. The van der Waals surface area contributed by atoms with E-state index in [1.807, 2.05) is 115 Å². The highest BCUT2D eigenvalue weighted by atomic mass is 35.5. The van der Waals surface area contributed by atoms with Crippen LogP contribution in [0.3, 0.4) is 0 Å². The van der Waals surface area contributed by atoms with Gasteiger partial charge < -0.3 is 66.7 Å². The number of imidazole rings is 4. The number of aliphatic hydroxyl groups is 3. The summed E-state index contributed by atoms with van der Waals surface area (Å²) in [5.74, 6) is 2.08. The Morgan fingerprint density at radius 2 is 1.22 bits per heavy atom. The molecule has 0 unspecified atom stereocenters. The number of halogens is 4. The fraction of sp³-hybridized carbons (Fsp3) is 0.243. The number of benzene rings is 8. The van der Waals surface area contributed by atoms with E-state index in [4.69, 9.17) is 44.1 Å². The van der Waals surface area contributed by atoms with E-state index in [2.05, 4.69) is 50.4 Å². The second-order valence-corrected chi connectivity index (χ2v) is 25.2. The predicted molar refractivity (Wildman–Crippen MR) is 386 cm³/mol. The Kier molecular flexibility index (Phi) is 21.3. The van der Waals surface area contributed by atoms with Crippen molar-refractivity contribution in [2.75, 3.05) is 35.0 Å². The Labute approximate surface area is 579 Å². The number of carbonyl (C=O) groups is 2. The monoisotopic (exact) mass is 1380 g/mol. The minimum Gasteiger partial charge on any atom is -0.473 e. The molecule has 5 heterocycles. The number of nitrogens with one attached hydrogen (secondary N) is 5. The number of rotatable bonds is 16. The van der Waals surface area contributed by atoms with Crippen molar-refractivity contribution in [3.63, 3.8) is 0 Å². The Hall–Kier alpha value is -9.84. The number of fused-ring (bicyclic) bond motifs is 4. The molecule has 2 amide bonds. The lowest BCUT2D eigenvalue weighted by molar-refractivity contribution is -0.113. The molecule has 2 saturated carbocycles. The lowest BCUT2D eigenvalue weighted by Gasteiger charge is -2.23. The molecule has 2 aliphatic carbocycles. The predicted octanol–water partition coefficient (Wildman–Crippen LogP) is 14.8. The Balaban J connectivity index is 0.000000144. The highest BCUT2D eigenvalue weighted by molar-refractivity contribution is 6.42. The zero-order valence-electron chi connectivity index (χ0n) is 53.1. The van der Waals surface area contributed by atoms with Gasteiger partial charge in [-0.25, -0.2) is 24.3 Å². The average molecular weight is 1380 g/mol. The molecule has 3 aliphatic rings. The topological polar surface area (TPSA) is 294 Å². The Morgan fingerprint density at radius 3 is 1.84 bits per heavy atom. The van der Waals surface area contributed by atoms with Gasteiger partial charge in [-0.2, -0.15) is 0 Å².